The number of piperidine rings is 1. The zero-order valence-electron chi connectivity index (χ0n) is 17.0. The molecule has 1 saturated heterocycles. The maximum atomic E-state index is 12.8. The number of aromatic nitrogens is 1. The van der Waals surface area contributed by atoms with Gasteiger partial charge in [-0.05, 0) is 37.8 Å². The summed E-state index contributed by atoms with van der Waals surface area (Å²) in [6.07, 6.45) is 4.37. The summed E-state index contributed by atoms with van der Waals surface area (Å²) in [5, 5.41) is 2.90. The highest BCUT2D eigenvalue weighted by molar-refractivity contribution is 7.89. The largest absolute Gasteiger partial charge is 0.447 e. The lowest BCUT2D eigenvalue weighted by Gasteiger charge is -2.30. The van der Waals surface area contributed by atoms with Gasteiger partial charge in [-0.1, -0.05) is 30.3 Å². The van der Waals surface area contributed by atoms with Gasteiger partial charge in [0.15, 0.2) is 0 Å². The van der Waals surface area contributed by atoms with Gasteiger partial charge in [0.2, 0.25) is 16.1 Å². The number of benzene rings is 1. The Hall–Kier alpha value is -2.78. The van der Waals surface area contributed by atoms with Gasteiger partial charge in [-0.3, -0.25) is 14.6 Å². The van der Waals surface area contributed by atoms with Gasteiger partial charge in [0.1, 0.15) is 4.90 Å². The van der Waals surface area contributed by atoms with Gasteiger partial charge in [0.25, 0.3) is 5.91 Å². The first-order valence-electron chi connectivity index (χ1n) is 10.4. The highest BCUT2D eigenvalue weighted by Gasteiger charge is 2.36. The van der Waals surface area contributed by atoms with Crippen molar-refractivity contribution in [2.45, 2.75) is 42.7 Å². The summed E-state index contributed by atoms with van der Waals surface area (Å²) >= 11 is 0. The molecule has 2 aliphatic rings. The van der Waals surface area contributed by atoms with Crippen LogP contribution in [0, 0.1) is 5.92 Å². The van der Waals surface area contributed by atoms with E-state index in [4.69, 9.17) is 4.74 Å². The molecule has 1 aliphatic carbocycles. The van der Waals surface area contributed by atoms with Crippen LogP contribution in [-0.2, 0) is 24.3 Å². The second-order valence-corrected chi connectivity index (χ2v) is 9.82. The lowest BCUT2D eigenvalue weighted by atomic mass is 9.98. The fourth-order valence-corrected chi connectivity index (χ4v) is 5.03. The van der Waals surface area contributed by atoms with Gasteiger partial charge in [0, 0.05) is 37.1 Å². The molecule has 0 spiro atoms. The molecule has 2 aromatic rings. The number of nitrogens with zero attached hydrogens (tertiary/aromatic N) is 2. The van der Waals surface area contributed by atoms with E-state index in [2.05, 4.69) is 10.3 Å². The standard InChI is InChI=1S/C22H25N3O5S/c26-21(24-18-8-9-18)20(16-5-2-1-3-6-16)30-22(27)17-10-13-25(14-11-17)31(28,29)19-7-4-12-23-15-19/h1-7,12,15,17-18,20H,8-11,13-14H2,(H,24,26). The van der Waals surface area contributed by atoms with Crippen molar-refractivity contribution in [1.82, 2.24) is 14.6 Å². The van der Waals surface area contributed by atoms with Gasteiger partial charge >= 0.3 is 5.97 Å². The minimum absolute atomic E-state index is 0.136. The zero-order valence-corrected chi connectivity index (χ0v) is 17.8. The summed E-state index contributed by atoms with van der Waals surface area (Å²) in [6, 6.07) is 12.2. The van der Waals surface area contributed by atoms with E-state index in [1.165, 1.54) is 22.8 Å². The maximum absolute atomic E-state index is 12.8. The lowest BCUT2D eigenvalue weighted by Crippen LogP contribution is -2.41. The second-order valence-electron chi connectivity index (χ2n) is 7.88. The Balaban J connectivity index is 1.39. The average molecular weight is 444 g/mol. The van der Waals surface area contributed by atoms with Crippen LogP contribution in [0.2, 0.25) is 0 Å². The van der Waals surface area contributed by atoms with Crippen LogP contribution in [0.4, 0.5) is 0 Å². The van der Waals surface area contributed by atoms with Crippen molar-refractivity contribution < 1.29 is 22.7 Å². The first-order valence-corrected chi connectivity index (χ1v) is 11.8. The number of ether oxygens (including phenoxy) is 1. The highest BCUT2D eigenvalue weighted by Crippen LogP contribution is 2.28. The van der Waals surface area contributed by atoms with Crippen molar-refractivity contribution in [2.24, 2.45) is 5.92 Å². The van der Waals surface area contributed by atoms with E-state index in [-0.39, 0.29) is 29.9 Å². The molecule has 1 aromatic heterocycles. The third-order valence-electron chi connectivity index (χ3n) is 5.56. The van der Waals surface area contributed by atoms with Gasteiger partial charge in [-0.15, -0.1) is 0 Å². The number of esters is 1. The number of pyridine rings is 1. The highest BCUT2D eigenvalue weighted by atomic mass is 32.2. The summed E-state index contributed by atoms with van der Waals surface area (Å²) < 4.78 is 32.5. The summed E-state index contributed by atoms with van der Waals surface area (Å²) in [5.41, 5.74) is 0.616. The summed E-state index contributed by atoms with van der Waals surface area (Å²) in [4.78, 5) is 29.5. The molecule has 31 heavy (non-hydrogen) atoms. The minimum Gasteiger partial charge on any atom is -0.447 e. The number of amides is 1. The van der Waals surface area contributed by atoms with E-state index in [0.29, 0.717) is 18.4 Å². The van der Waals surface area contributed by atoms with Gasteiger partial charge in [-0.2, -0.15) is 4.31 Å². The topological polar surface area (TPSA) is 106 Å². The van der Waals surface area contributed by atoms with Crippen molar-refractivity contribution >= 4 is 21.9 Å². The quantitative estimate of drug-likeness (QED) is 0.657. The zero-order chi connectivity index (χ0) is 21.8. The molecule has 1 atom stereocenters. The Labute approximate surface area is 181 Å². The van der Waals surface area contributed by atoms with Gasteiger partial charge < -0.3 is 10.1 Å². The average Bonchev–Trinajstić information content (AvgIpc) is 3.62. The maximum Gasteiger partial charge on any atom is 0.310 e. The molecule has 0 radical (unpaired) electrons. The fraction of sp³-hybridized carbons (Fsp3) is 0.409. The van der Waals surface area contributed by atoms with E-state index in [0.717, 1.165) is 12.8 Å². The predicted octanol–water partition coefficient (Wildman–Crippen LogP) is 2.05. The van der Waals surface area contributed by atoms with E-state index in [1.807, 2.05) is 6.07 Å². The van der Waals surface area contributed by atoms with Crippen LogP contribution in [0.3, 0.4) is 0 Å². The molecule has 164 valence electrons. The number of sulfonamides is 1. The van der Waals surface area contributed by atoms with Crippen molar-refractivity contribution in [2.75, 3.05) is 13.1 Å². The smallest absolute Gasteiger partial charge is 0.310 e. The van der Waals surface area contributed by atoms with Crippen molar-refractivity contribution in [3.05, 3.63) is 60.4 Å². The summed E-state index contributed by atoms with van der Waals surface area (Å²) in [7, 11) is -3.64. The summed E-state index contributed by atoms with van der Waals surface area (Å²) in [5.74, 6) is -1.25. The Morgan fingerprint density at radius 2 is 1.74 bits per heavy atom. The predicted molar refractivity (Wildman–Crippen MR) is 112 cm³/mol. The first kappa shape index (κ1) is 21.5. The molecular weight excluding hydrogens is 418 g/mol. The van der Waals surface area contributed by atoms with Crippen LogP contribution in [0.1, 0.15) is 37.4 Å². The third-order valence-corrected chi connectivity index (χ3v) is 7.44. The molecule has 9 heteroatoms. The molecule has 0 bridgehead atoms. The second kappa shape index (κ2) is 9.15. The fourth-order valence-electron chi connectivity index (χ4n) is 3.60. The van der Waals surface area contributed by atoms with Crippen molar-refractivity contribution in [3.63, 3.8) is 0 Å². The molecule has 1 amide bonds. The Morgan fingerprint density at radius 1 is 1.03 bits per heavy atom. The number of carbonyl (C=O) groups excluding carboxylic acids is 2. The Morgan fingerprint density at radius 3 is 2.35 bits per heavy atom. The molecule has 1 saturated carbocycles. The molecule has 1 aliphatic heterocycles. The SMILES string of the molecule is O=C(OC(C(=O)NC1CC1)c1ccccc1)C1CCN(S(=O)(=O)c2cccnc2)CC1. The van der Waals surface area contributed by atoms with Crippen LogP contribution in [-0.4, -0.2) is 48.7 Å². The van der Waals surface area contributed by atoms with E-state index in [9.17, 15) is 18.0 Å². The van der Waals surface area contributed by atoms with Crippen LogP contribution < -0.4 is 5.32 Å². The van der Waals surface area contributed by atoms with E-state index in [1.54, 1.807) is 30.3 Å². The Kier molecular flexibility index (Phi) is 6.33. The monoisotopic (exact) mass is 443 g/mol. The number of carbonyl (C=O) groups is 2. The molecule has 4 rings (SSSR count). The molecular formula is C22H25N3O5S. The molecule has 1 unspecified atom stereocenters. The number of rotatable bonds is 7. The van der Waals surface area contributed by atoms with Crippen molar-refractivity contribution in [3.8, 4) is 0 Å². The number of nitrogens with one attached hydrogen (secondary N) is 1. The Bertz CT molecular complexity index is 1020. The number of hydrogen-bond donors (Lipinski definition) is 1. The van der Waals surface area contributed by atoms with E-state index < -0.39 is 28.0 Å². The van der Waals surface area contributed by atoms with Crippen molar-refractivity contribution in [1.29, 1.82) is 0 Å². The lowest BCUT2D eigenvalue weighted by molar-refractivity contribution is -0.161. The van der Waals surface area contributed by atoms with E-state index >= 15 is 0 Å². The summed E-state index contributed by atoms with van der Waals surface area (Å²) in [6.45, 7) is 0.419. The van der Waals surface area contributed by atoms with Crippen LogP contribution in [0.15, 0.2) is 59.8 Å². The van der Waals surface area contributed by atoms with Crippen LogP contribution in [0.25, 0.3) is 0 Å². The van der Waals surface area contributed by atoms with Gasteiger partial charge in [0.05, 0.1) is 5.92 Å². The minimum atomic E-state index is -3.64. The van der Waals surface area contributed by atoms with Gasteiger partial charge in [-0.25, -0.2) is 8.42 Å². The van der Waals surface area contributed by atoms with Crippen LogP contribution in [0.5, 0.6) is 0 Å². The molecule has 2 heterocycles. The molecule has 1 N–H and O–H groups in total. The first-order chi connectivity index (χ1) is 14.9. The molecule has 8 nitrogen and oxygen atoms in total. The normalized spacial score (nSPS) is 18.8. The molecule has 2 fully saturated rings. The number of hydrogen-bond acceptors (Lipinski definition) is 6. The van der Waals surface area contributed by atoms with Crippen LogP contribution >= 0.6 is 0 Å². The molecule has 1 aromatic carbocycles. The third kappa shape index (κ3) is 5.11.